The van der Waals surface area contributed by atoms with E-state index in [1.165, 1.54) is 21.1 Å². The molecule has 162 valence electrons. The monoisotopic (exact) mass is 480 g/mol. The molecule has 2 aliphatic carbocycles. The number of hydrogen-bond acceptors (Lipinski definition) is 6. The second kappa shape index (κ2) is 6.68. The van der Waals surface area contributed by atoms with Gasteiger partial charge in [0, 0.05) is 20.9 Å². The van der Waals surface area contributed by atoms with Crippen molar-refractivity contribution in [2.24, 2.45) is 29.6 Å². The molecule has 2 bridgehead atoms. The van der Waals surface area contributed by atoms with E-state index in [1.807, 2.05) is 31.2 Å². The average Bonchev–Trinajstić information content (AvgIpc) is 3.57. The zero-order valence-electron chi connectivity index (χ0n) is 17.2. The van der Waals surface area contributed by atoms with Crippen LogP contribution in [-0.2, 0) is 9.59 Å². The summed E-state index contributed by atoms with van der Waals surface area (Å²) in [6.07, 6.45) is 0.929. The third-order valence-electron chi connectivity index (χ3n) is 7.87. The highest BCUT2D eigenvalue weighted by Crippen LogP contribution is 2.68. The van der Waals surface area contributed by atoms with Gasteiger partial charge in [-0.15, -0.1) is 23.1 Å². The Kier molecular flexibility index (Phi) is 4.03. The number of nitrogens with one attached hydrogen (secondary N) is 1. The molecule has 5 nitrogen and oxygen atoms in total. The maximum atomic E-state index is 13.6. The Morgan fingerprint density at radius 2 is 1.75 bits per heavy atom. The van der Waals surface area contributed by atoms with Crippen LogP contribution in [0.25, 0.3) is 0 Å². The zero-order chi connectivity index (χ0) is 21.7. The van der Waals surface area contributed by atoms with E-state index >= 15 is 0 Å². The Bertz CT molecular complexity index is 1310. The Morgan fingerprint density at radius 1 is 1.00 bits per heavy atom. The van der Waals surface area contributed by atoms with Crippen LogP contribution in [0.3, 0.4) is 0 Å². The van der Waals surface area contributed by atoms with Crippen LogP contribution in [0, 0.1) is 36.5 Å². The van der Waals surface area contributed by atoms with E-state index < -0.39 is 0 Å². The third kappa shape index (κ3) is 2.43. The normalized spacial score (nSPS) is 34.7. The molecule has 0 unspecified atom stereocenters. The first kappa shape index (κ1) is 19.3. The van der Waals surface area contributed by atoms with Crippen molar-refractivity contribution in [2.75, 3.05) is 4.90 Å². The molecular formula is C24H20N2O3S3. The molecule has 3 aromatic rings. The minimum absolute atomic E-state index is 0.0192. The Morgan fingerprint density at radius 3 is 2.47 bits per heavy atom. The summed E-state index contributed by atoms with van der Waals surface area (Å²) in [5.41, 5.74) is 1.79. The van der Waals surface area contributed by atoms with E-state index in [4.69, 9.17) is 0 Å². The van der Waals surface area contributed by atoms with Gasteiger partial charge in [-0.3, -0.25) is 19.3 Å². The van der Waals surface area contributed by atoms with Crippen molar-refractivity contribution < 1.29 is 9.59 Å². The van der Waals surface area contributed by atoms with Crippen molar-refractivity contribution in [1.82, 2.24) is 4.98 Å². The number of hydrogen-bond donors (Lipinski definition) is 1. The SMILES string of the molecule is Cc1ccc(N2C(=O)[C@@H]3[C@H]4C[C@@H]([C@@H]3C2=O)[C@@H]2[C@@H](c3cccs3)c3sc(=O)[nH]c3S[C@@H]42)cc1. The molecule has 2 aliphatic heterocycles. The van der Waals surface area contributed by atoms with Crippen LogP contribution in [0.5, 0.6) is 0 Å². The fourth-order valence-electron chi connectivity index (χ4n) is 6.75. The molecule has 7 atom stereocenters. The fourth-order valence-corrected chi connectivity index (χ4v) is 10.6. The number of rotatable bonds is 2. The van der Waals surface area contributed by atoms with E-state index in [2.05, 4.69) is 22.5 Å². The summed E-state index contributed by atoms with van der Waals surface area (Å²) in [4.78, 5) is 46.3. The molecule has 2 amide bonds. The van der Waals surface area contributed by atoms with Gasteiger partial charge in [-0.05, 0) is 54.7 Å². The molecule has 0 spiro atoms. The van der Waals surface area contributed by atoms with Gasteiger partial charge in [0.25, 0.3) is 0 Å². The summed E-state index contributed by atoms with van der Waals surface area (Å²) < 4.78 is 0. The summed E-state index contributed by atoms with van der Waals surface area (Å²) in [5.74, 6) is 0.211. The maximum Gasteiger partial charge on any atom is 0.305 e. The summed E-state index contributed by atoms with van der Waals surface area (Å²) in [7, 11) is 0. The number of fused-ring (bicyclic) bond motifs is 9. The number of carbonyl (C=O) groups is 2. The lowest BCUT2D eigenvalue weighted by Gasteiger charge is -2.42. The number of thioether (sulfide) groups is 1. The van der Waals surface area contributed by atoms with Crippen molar-refractivity contribution in [2.45, 2.75) is 29.5 Å². The average molecular weight is 481 g/mol. The lowest BCUT2D eigenvalue weighted by Crippen LogP contribution is -2.42. The number of thiazole rings is 1. The molecule has 32 heavy (non-hydrogen) atoms. The number of aromatic amines is 1. The lowest BCUT2D eigenvalue weighted by atomic mass is 9.69. The van der Waals surface area contributed by atoms with Gasteiger partial charge in [0.1, 0.15) is 0 Å². The second-order valence-electron chi connectivity index (χ2n) is 9.32. The molecule has 0 radical (unpaired) electrons. The van der Waals surface area contributed by atoms with Gasteiger partial charge in [0.2, 0.25) is 11.8 Å². The Balaban J connectivity index is 1.32. The predicted molar refractivity (Wildman–Crippen MR) is 126 cm³/mol. The molecule has 4 heterocycles. The van der Waals surface area contributed by atoms with Crippen molar-refractivity contribution >= 4 is 51.9 Å². The highest BCUT2D eigenvalue weighted by atomic mass is 32.2. The first-order valence-corrected chi connectivity index (χ1v) is 13.5. The number of aryl methyl sites for hydroxylation is 1. The zero-order valence-corrected chi connectivity index (χ0v) is 19.6. The minimum Gasteiger partial charge on any atom is -0.307 e. The highest BCUT2D eigenvalue weighted by Gasteiger charge is 2.69. The molecule has 8 heteroatoms. The van der Waals surface area contributed by atoms with E-state index in [0.717, 1.165) is 21.9 Å². The molecule has 4 aliphatic rings. The van der Waals surface area contributed by atoms with E-state index in [1.54, 1.807) is 23.1 Å². The van der Waals surface area contributed by atoms with Crippen LogP contribution in [0.2, 0.25) is 0 Å². The van der Waals surface area contributed by atoms with Gasteiger partial charge in [0.05, 0.1) is 22.5 Å². The second-order valence-corrected chi connectivity index (χ2v) is 12.5. The van der Waals surface area contributed by atoms with Crippen molar-refractivity contribution in [3.63, 3.8) is 0 Å². The predicted octanol–water partition coefficient (Wildman–Crippen LogP) is 4.48. The van der Waals surface area contributed by atoms with Gasteiger partial charge in [-0.1, -0.05) is 35.1 Å². The number of imide groups is 1. The topological polar surface area (TPSA) is 70.2 Å². The largest absolute Gasteiger partial charge is 0.307 e. The number of benzene rings is 1. The molecule has 1 saturated heterocycles. The summed E-state index contributed by atoms with van der Waals surface area (Å²) in [6.45, 7) is 2.00. The summed E-state index contributed by atoms with van der Waals surface area (Å²) in [6, 6.07) is 11.9. The van der Waals surface area contributed by atoms with Gasteiger partial charge in [0.15, 0.2) is 0 Å². The maximum absolute atomic E-state index is 13.6. The first-order valence-electron chi connectivity index (χ1n) is 10.9. The molecule has 3 fully saturated rings. The quantitative estimate of drug-likeness (QED) is 0.549. The van der Waals surface area contributed by atoms with Crippen LogP contribution < -0.4 is 9.77 Å². The standard InChI is InChI=1S/C24H20N2O3S3/c1-10-4-6-11(7-5-10)26-22(27)16-12-9-13(17(16)23(26)28)19-15(12)18(14-3-2-8-30-14)20-21(31-19)25-24(29)32-20/h2-8,12-13,15-19H,9H2,1H3,(H,25,29)/t12-,13-,15-,16+,17-,18-,19+/m1/s1. The molecule has 1 aromatic carbocycles. The number of carbonyl (C=O) groups excluding carboxylic acids is 2. The lowest BCUT2D eigenvalue weighted by molar-refractivity contribution is -0.123. The Labute approximate surface area is 196 Å². The molecule has 2 aromatic heterocycles. The van der Waals surface area contributed by atoms with E-state index in [9.17, 15) is 14.4 Å². The minimum atomic E-state index is -0.240. The molecule has 1 N–H and O–H groups in total. The summed E-state index contributed by atoms with van der Waals surface area (Å²) >= 11 is 4.77. The van der Waals surface area contributed by atoms with Crippen LogP contribution >= 0.6 is 34.4 Å². The number of amides is 2. The Hall–Kier alpha value is -2.16. The smallest absolute Gasteiger partial charge is 0.305 e. The highest BCUT2D eigenvalue weighted by molar-refractivity contribution is 8.00. The number of thiophene rings is 1. The van der Waals surface area contributed by atoms with Crippen LogP contribution in [0.15, 0.2) is 51.6 Å². The number of H-pyrrole nitrogens is 1. The van der Waals surface area contributed by atoms with Crippen molar-refractivity contribution in [3.05, 3.63) is 66.8 Å². The molecular weight excluding hydrogens is 460 g/mol. The van der Waals surface area contributed by atoms with Gasteiger partial charge >= 0.3 is 4.87 Å². The van der Waals surface area contributed by atoms with Crippen molar-refractivity contribution in [3.8, 4) is 0 Å². The van der Waals surface area contributed by atoms with Gasteiger partial charge < -0.3 is 4.98 Å². The van der Waals surface area contributed by atoms with Crippen LogP contribution in [-0.4, -0.2) is 22.0 Å². The van der Waals surface area contributed by atoms with E-state index in [-0.39, 0.29) is 57.4 Å². The van der Waals surface area contributed by atoms with Crippen LogP contribution in [0.1, 0.15) is 27.7 Å². The third-order valence-corrected chi connectivity index (χ3v) is 11.4. The number of nitrogens with zero attached hydrogens (tertiary/aromatic N) is 1. The van der Waals surface area contributed by atoms with Gasteiger partial charge in [-0.2, -0.15) is 0 Å². The first-order chi connectivity index (χ1) is 15.5. The number of anilines is 1. The number of aromatic nitrogens is 1. The summed E-state index contributed by atoms with van der Waals surface area (Å²) in [5, 5.41) is 3.30. The van der Waals surface area contributed by atoms with E-state index in [0.29, 0.717) is 5.69 Å². The van der Waals surface area contributed by atoms with Crippen LogP contribution in [0.4, 0.5) is 5.69 Å². The van der Waals surface area contributed by atoms with Crippen molar-refractivity contribution in [1.29, 1.82) is 0 Å². The molecule has 7 rings (SSSR count). The molecule has 2 saturated carbocycles. The fraction of sp³-hybridized carbons (Fsp3) is 0.375. The van der Waals surface area contributed by atoms with Gasteiger partial charge in [-0.25, -0.2) is 0 Å².